The third kappa shape index (κ3) is 2.43. The van der Waals surface area contributed by atoms with Gasteiger partial charge >= 0.3 is 5.97 Å². The highest BCUT2D eigenvalue weighted by Crippen LogP contribution is 2.18. The molecule has 0 bridgehead atoms. The number of carbonyl (C=O) groups is 2. The first-order valence-electron chi connectivity index (χ1n) is 5.59. The summed E-state index contributed by atoms with van der Waals surface area (Å²) in [6.45, 7) is 0.455. The van der Waals surface area contributed by atoms with Gasteiger partial charge in [0.05, 0.1) is 0 Å². The normalized spacial score (nSPS) is 20.9. The largest absolute Gasteiger partial charge is 0.480 e. The molecule has 7 heteroatoms. The fourth-order valence-electron chi connectivity index (χ4n) is 2.05. The van der Waals surface area contributed by atoms with Crippen molar-refractivity contribution in [2.45, 2.75) is 31.7 Å². The average Bonchev–Trinajstić information content (AvgIpc) is 2.71. The zero-order chi connectivity index (χ0) is 12.3. The standard InChI is InChI=1S/C10H14N4O3/c15-9(8-11-6-12-13-8)14-5-3-1-2-4-7(14)10(16)17/h6-7H,1-5H2,(H,16,17)(H,11,12,13). The SMILES string of the molecule is O=C(O)C1CCCCCN1C(=O)c1ncn[nH]1. The van der Waals surface area contributed by atoms with Crippen LogP contribution >= 0.6 is 0 Å². The number of aliphatic carboxylic acids is 1. The number of nitrogens with one attached hydrogen (secondary N) is 1. The van der Waals surface area contributed by atoms with Gasteiger partial charge in [0.25, 0.3) is 5.91 Å². The molecule has 1 unspecified atom stereocenters. The summed E-state index contributed by atoms with van der Waals surface area (Å²) >= 11 is 0. The van der Waals surface area contributed by atoms with Gasteiger partial charge in [-0.2, -0.15) is 5.10 Å². The lowest BCUT2D eigenvalue weighted by molar-refractivity contribution is -0.142. The van der Waals surface area contributed by atoms with E-state index in [2.05, 4.69) is 15.2 Å². The maximum Gasteiger partial charge on any atom is 0.326 e. The highest BCUT2D eigenvalue weighted by molar-refractivity contribution is 5.93. The van der Waals surface area contributed by atoms with Crippen molar-refractivity contribution in [2.75, 3.05) is 6.54 Å². The molecule has 1 aliphatic heterocycles. The van der Waals surface area contributed by atoms with Crippen LogP contribution in [-0.2, 0) is 4.79 Å². The minimum absolute atomic E-state index is 0.0955. The molecule has 92 valence electrons. The van der Waals surface area contributed by atoms with Crippen LogP contribution < -0.4 is 0 Å². The van der Waals surface area contributed by atoms with Crippen LogP contribution in [0.1, 0.15) is 36.3 Å². The van der Waals surface area contributed by atoms with E-state index < -0.39 is 17.9 Å². The quantitative estimate of drug-likeness (QED) is 0.770. The number of carboxylic acid groups (broad SMARTS) is 1. The molecule has 0 spiro atoms. The van der Waals surface area contributed by atoms with Gasteiger partial charge < -0.3 is 10.0 Å². The van der Waals surface area contributed by atoms with Crippen molar-refractivity contribution in [2.24, 2.45) is 0 Å². The molecule has 2 heterocycles. The fourth-order valence-corrected chi connectivity index (χ4v) is 2.05. The van der Waals surface area contributed by atoms with Crippen LogP contribution in [0.15, 0.2) is 6.33 Å². The molecular weight excluding hydrogens is 224 g/mol. The first-order valence-corrected chi connectivity index (χ1v) is 5.59. The van der Waals surface area contributed by atoms with Crippen LogP contribution in [0.25, 0.3) is 0 Å². The summed E-state index contributed by atoms with van der Waals surface area (Å²) < 4.78 is 0. The Labute approximate surface area is 97.8 Å². The number of likely N-dealkylation sites (tertiary alicyclic amines) is 1. The number of aromatic amines is 1. The number of carboxylic acids is 1. The van der Waals surface area contributed by atoms with Crippen molar-refractivity contribution in [3.63, 3.8) is 0 Å². The summed E-state index contributed by atoms with van der Waals surface area (Å²) in [6.07, 6.45) is 4.33. The number of nitrogens with zero attached hydrogens (tertiary/aromatic N) is 3. The smallest absolute Gasteiger partial charge is 0.326 e. The minimum Gasteiger partial charge on any atom is -0.480 e. The van der Waals surface area contributed by atoms with Gasteiger partial charge in [-0.15, -0.1) is 0 Å². The molecule has 7 nitrogen and oxygen atoms in total. The van der Waals surface area contributed by atoms with Gasteiger partial charge in [-0.1, -0.05) is 12.8 Å². The van der Waals surface area contributed by atoms with Crippen molar-refractivity contribution in [3.05, 3.63) is 12.2 Å². The van der Waals surface area contributed by atoms with E-state index in [1.807, 2.05) is 0 Å². The molecule has 1 amide bonds. The molecule has 0 aromatic carbocycles. The number of carbonyl (C=O) groups excluding carboxylic acids is 1. The van der Waals surface area contributed by atoms with Crippen molar-refractivity contribution >= 4 is 11.9 Å². The van der Waals surface area contributed by atoms with Crippen molar-refractivity contribution in [1.29, 1.82) is 0 Å². The van der Waals surface area contributed by atoms with E-state index in [9.17, 15) is 9.59 Å². The number of H-pyrrole nitrogens is 1. The van der Waals surface area contributed by atoms with Gasteiger partial charge in [-0.3, -0.25) is 9.89 Å². The summed E-state index contributed by atoms with van der Waals surface area (Å²) in [6, 6.07) is -0.755. The summed E-state index contributed by atoms with van der Waals surface area (Å²) in [5, 5.41) is 15.2. The van der Waals surface area contributed by atoms with E-state index in [-0.39, 0.29) is 5.82 Å². The van der Waals surface area contributed by atoms with Crippen LogP contribution in [0.2, 0.25) is 0 Å². The molecule has 1 saturated heterocycles. The zero-order valence-corrected chi connectivity index (χ0v) is 9.30. The second-order valence-corrected chi connectivity index (χ2v) is 4.04. The average molecular weight is 238 g/mol. The predicted octanol–water partition coefficient (Wildman–Crippen LogP) is 0.274. The van der Waals surface area contributed by atoms with Crippen LogP contribution in [0.4, 0.5) is 0 Å². The molecule has 1 atom stereocenters. The van der Waals surface area contributed by atoms with Crippen LogP contribution in [-0.4, -0.2) is 49.7 Å². The lowest BCUT2D eigenvalue weighted by atomic mass is 10.1. The fraction of sp³-hybridized carbons (Fsp3) is 0.600. The highest BCUT2D eigenvalue weighted by atomic mass is 16.4. The van der Waals surface area contributed by atoms with E-state index in [1.165, 1.54) is 11.2 Å². The summed E-state index contributed by atoms with van der Waals surface area (Å²) in [7, 11) is 0. The second kappa shape index (κ2) is 4.94. The minimum atomic E-state index is -0.959. The summed E-state index contributed by atoms with van der Waals surface area (Å²) in [5.41, 5.74) is 0. The van der Waals surface area contributed by atoms with Crippen molar-refractivity contribution in [1.82, 2.24) is 20.1 Å². The third-order valence-corrected chi connectivity index (χ3v) is 2.92. The van der Waals surface area contributed by atoms with Crippen LogP contribution in [0.5, 0.6) is 0 Å². The van der Waals surface area contributed by atoms with E-state index in [4.69, 9.17) is 5.11 Å². The maximum atomic E-state index is 12.1. The van der Waals surface area contributed by atoms with Crippen LogP contribution in [0.3, 0.4) is 0 Å². The lowest BCUT2D eigenvalue weighted by Crippen LogP contribution is -2.45. The van der Waals surface area contributed by atoms with Gasteiger partial charge in [-0.25, -0.2) is 9.78 Å². The van der Waals surface area contributed by atoms with Crippen LogP contribution in [0, 0.1) is 0 Å². The van der Waals surface area contributed by atoms with Crippen molar-refractivity contribution < 1.29 is 14.7 Å². The highest BCUT2D eigenvalue weighted by Gasteiger charge is 2.32. The lowest BCUT2D eigenvalue weighted by Gasteiger charge is -2.25. The Balaban J connectivity index is 2.20. The first kappa shape index (κ1) is 11.6. The Hall–Kier alpha value is -1.92. The molecule has 2 N–H and O–H groups in total. The number of hydrogen-bond donors (Lipinski definition) is 2. The molecular formula is C10H14N4O3. The van der Waals surface area contributed by atoms with Gasteiger partial charge in [0.1, 0.15) is 12.4 Å². The first-order chi connectivity index (χ1) is 8.20. The summed E-state index contributed by atoms with van der Waals surface area (Å²) in [5.74, 6) is -1.25. The van der Waals surface area contributed by atoms with Crippen molar-refractivity contribution in [3.8, 4) is 0 Å². The van der Waals surface area contributed by atoms with E-state index in [0.717, 1.165) is 19.3 Å². The molecule has 1 aliphatic rings. The van der Waals surface area contributed by atoms with Gasteiger partial charge in [0.15, 0.2) is 0 Å². The van der Waals surface area contributed by atoms with E-state index >= 15 is 0 Å². The molecule has 1 fully saturated rings. The molecule has 17 heavy (non-hydrogen) atoms. The Morgan fingerprint density at radius 3 is 2.88 bits per heavy atom. The summed E-state index contributed by atoms with van der Waals surface area (Å²) in [4.78, 5) is 28.3. The molecule has 0 saturated carbocycles. The number of hydrogen-bond acceptors (Lipinski definition) is 4. The van der Waals surface area contributed by atoms with Gasteiger partial charge in [0, 0.05) is 6.54 Å². The van der Waals surface area contributed by atoms with Gasteiger partial charge in [-0.05, 0) is 12.8 Å². The molecule has 0 aliphatic carbocycles. The van der Waals surface area contributed by atoms with E-state index in [0.29, 0.717) is 13.0 Å². The predicted molar refractivity (Wildman–Crippen MR) is 57.3 cm³/mol. The molecule has 1 aromatic rings. The van der Waals surface area contributed by atoms with Gasteiger partial charge in [0.2, 0.25) is 5.82 Å². The topological polar surface area (TPSA) is 99.2 Å². The number of amides is 1. The maximum absolute atomic E-state index is 12.1. The number of rotatable bonds is 2. The zero-order valence-electron chi connectivity index (χ0n) is 9.30. The Morgan fingerprint density at radius 2 is 2.24 bits per heavy atom. The molecule has 0 radical (unpaired) electrons. The molecule has 1 aromatic heterocycles. The Morgan fingerprint density at radius 1 is 1.41 bits per heavy atom. The Bertz CT molecular complexity index is 404. The monoisotopic (exact) mass is 238 g/mol. The number of aromatic nitrogens is 3. The molecule has 2 rings (SSSR count). The second-order valence-electron chi connectivity index (χ2n) is 4.04. The third-order valence-electron chi connectivity index (χ3n) is 2.92. The van der Waals surface area contributed by atoms with E-state index in [1.54, 1.807) is 0 Å². The Kier molecular flexibility index (Phi) is 3.36.